The van der Waals surface area contributed by atoms with Crippen molar-refractivity contribution in [3.05, 3.63) is 99.0 Å². The molecule has 3 heterocycles. The molecule has 0 fully saturated rings. The van der Waals surface area contributed by atoms with Gasteiger partial charge in [0.1, 0.15) is 12.3 Å². The van der Waals surface area contributed by atoms with Crippen molar-refractivity contribution in [1.82, 2.24) is 24.4 Å². The summed E-state index contributed by atoms with van der Waals surface area (Å²) in [5, 5.41) is 2.77. The van der Waals surface area contributed by atoms with Crippen LogP contribution < -0.4 is 21.2 Å². The van der Waals surface area contributed by atoms with Crippen LogP contribution in [0.3, 0.4) is 0 Å². The summed E-state index contributed by atoms with van der Waals surface area (Å²) in [7, 11) is 1.57. The highest BCUT2D eigenvalue weighted by Crippen LogP contribution is 2.12. The third kappa shape index (κ3) is 4.41. The minimum absolute atomic E-state index is 0.174. The lowest BCUT2D eigenvalue weighted by atomic mass is 10.2. The zero-order chi connectivity index (χ0) is 22.5. The van der Waals surface area contributed by atoms with Gasteiger partial charge in [-0.1, -0.05) is 12.1 Å². The van der Waals surface area contributed by atoms with Gasteiger partial charge in [-0.25, -0.2) is 4.98 Å². The van der Waals surface area contributed by atoms with E-state index in [4.69, 9.17) is 4.74 Å². The molecule has 0 bridgehead atoms. The molecule has 0 saturated heterocycles. The van der Waals surface area contributed by atoms with Gasteiger partial charge in [-0.15, -0.1) is 0 Å². The van der Waals surface area contributed by atoms with E-state index in [0.29, 0.717) is 16.9 Å². The second-order valence-electron chi connectivity index (χ2n) is 7.11. The first-order chi connectivity index (χ1) is 15.6. The predicted octanol–water partition coefficient (Wildman–Crippen LogP) is 1.33. The summed E-state index contributed by atoms with van der Waals surface area (Å²) in [5.74, 6) is 0.286. The van der Waals surface area contributed by atoms with E-state index in [0.717, 1.165) is 15.7 Å². The topological polar surface area (TPSA) is 108 Å². The molecule has 0 atom stereocenters. The van der Waals surface area contributed by atoms with Crippen molar-refractivity contribution in [2.75, 3.05) is 7.11 Å². The molecule has 1 amide bonds. The second-order valence-corrected chi connectivity index (χ2v) is 7.11. The lowest BCUT2D eigenvalue weighted by molar-refractivity contribution is -0.121. The van der Waals surface area contributed by atoms with Gasteiger partial charge in [0.2, 0.25) is 5.91 Å². The van der Waals surface area contributed by atoms with Crippen LogP contribution in [0.4, 0.5) is 0 Å². The molecule has 32 heavy (non-hydrogen) atoms. The molecule has 0 unspecified atom stereocenters. The van der Waals surface area contributed by atoms with Gasteiger partial charge in [0.05, 0.1) is 19.2 Å². The molecular weight excluding hydrogens is 410 g/mol. The highest BCUT2D eigenvalue weighted by molar-refractivity contribution is 5.78. The van der Waals surface area contributed by atoms with E-state index in [9.17, 15) is 14.4 Å². The molecular formula is C23H21N5O4. The number of nitrogens with zero attached hydrogens (tertiary/aromatic N) is 4. The molecule has 9 nitrogen and oxygen atoms in total. The standard InChI is InChI=1S/C23H21N5O4/c1-32-18-5-2-4-17(12-18)13-26-20(29)15-27-19-6-3-9-25-21(19)28(23(31)22(27)30)14-16-7-10-24-11-8-16/h2-12H,13-15H2,1H3,(H,26,29). The van der Waals surface area contributed by atoms with Gasteiger partial charge in [0.15, 0.2) is 5.65 Å². The number of hydrogen-bond acceptors (Lipinski definition) is 6. The molecule has 0 aliphatic rings. The first-order valence-electron chi connectivity index (χ1n) is 9.93. The number of nitrogens with one attached hydrogen (secondary N) is 1. The van der Waals surface area contributed by atoms with E-state index in [-0.39, 0.29) is 19.6 Å². The maximum atomic E-state index is 12.9. The fourth-order valence-corrected chi connectivity index (χ4v) is 3.40. The van der Waals surface area contributed by atoms with E-state index in [1.807, 2.05) is 24.3 Å². The number of methoxy groups -OCH3 is 1. The second kappa shape index (κ2) is 9.25. The van der Waals surface area contributed by atoms with Crippen LogP contribution in [-0.2, 0) is 24.4 Å². The van der Waals surface area contributed by atoms with Crippen LogP contribution in [0.15, 0.2) is 76.7 Å². The van der Waals surface area contributed by atoms with Crippen molar-refractivity contribution in [2.45, 2.75) is 19.6 Å². The lowest BCUT2D eigenvalue weighted by Gasteiger charge is -2.14. The summed E-state index contributed by atoms with van der Waals surface area (Å²) in [4.78, 5) is 46.6. The fraction of sp³-hybridized carbons (Fsp3) is 0.174. The van der Waals surface area contributed by atoms with Crippen molar-refractivity contribution in [3.8, 4) is 5.75 Å². The number of rotatable bonds is 7. The Kier molecular flexibility index (Phi) is 6.07. The number of carbonyl (C=O) groups is 1. The monoisotopic (exact) mass is 431 g/mol. The van der Waals surface area contributed by atoms with Crippen LogP contribution in [0.2, 0.25) is 0 Å². The summed E-state index contributed by atoms with van der Waals surface area (Å²) in [5.41, 5.74) is 0.869. The van der Waals surface area contributed by atoms with Crippen LogP contribution in [0, 0.1) is 0 Å². The minimum atomic E-state index is -0.781. The Morgan fingerprint density at radius 3 is 2.53 bits per heavy atom. The molecule has 3 aromatic heterocycles. The Morgan fingerprint density at radius 1 is 0.969 bits per heavy atom. The lowest BCUT2D eigenvalue weighted by Crippen LogP contribution is -2.44. The number of amides is 1. The SMILES string of the molecule is COc1cccc(CNC(=O)Cn2c(=O)c(=O)n(Cc3ccncc3)c3ncccc32)c1. The summed E-state index contributed by atoms with van der Waals surface area (Å²) in [6, 6.07) is 14.2. The largest absolute Gasteiger partial charge is 0.497 e. The van der Waals surface area contributed by atoms with Gasteiger partial charge in [0.25, 0.3) is 0 Å². The normalized spacial score (nSPS) is 10.8. The van der Waals surface area contributed by atoms with Crippen LogP contribution in [0.5, 0.6) is 5.75 Å². The number of fused-ring (bicyclic) bond motifs is 1. The molecule has 0 saturated carbocycles. The Bertz CT molecular complexity index is 1380. The molecule has 1 aromatic carbocycles. The first kappa shape index (κ1) is 21.0. The number of hydrogen-bond donors (Lipinski definition) is 1. The molecule has 9 heteroatoms. The zero-order valence-corrected chi connectivity index (χ0v) is 17.4. The molecule has 4 aromatic rings. The quantitative estimate of drug-likeness (QED) is 0.442. The average Bonchev–Trinajstić information content (AvgIpc) is 2.84. The Hall–Kier alpha value is -4.27. The third-order valence-electron chi connectivity index (χ3n) is 5.00. The Labute approximate surface area is 182 Å². The summed E-state index contributed by atoms with van der Waals surface area (Å²) < 4.78 is 7.66. The first-order valence-corrected chi connectivity index (χ1v) is 9.93. The number of ether oxygens (including phenoxy) is 1. The summed E-state index contributed by atoms with van der Waals surface area (Å²) in [6.45, 7) is 0.142. The van der Waals surface area contributed by atoms with Gasteiger partial charge >= 0.3 is 11.1 Å². The molecule has 0 aliphatic heterocycles. The number of aromatic nitrogens is 4. The zero-order valence-electron chi connectivity index (χ0n) is 17.4. The molecule has 0 radical (unpaired) electrons. The number of benzene rings is 1. The minimum Gasteiger partial charge on any atom is -0.497 e. The van der Waals surface area contributed by atoms with Crippen LogP contribution in [0.1, 0.15) is 11.1 Å². The molecule has 4 rings (SSSR count). The third-order valence-corrected chi connectivity index (χ3v) is 5.00. The van der Waals surface area contributed by atoms with Gasteiger partial charge in [-0.05, 0) is 47.5 Å². The van der Waals surface area contributed by atoms with Crippen molar-refractivity contribution >= 4 is 17.1 Å². The van der Waals surface area contributed by atoms with Crippen molar-refractivity contribution in [3.63, 3.8) is 0 Å². The molecule has 0 aliphatic carbocycles. The number of carbonyl (C=O) groups excluding carboxylic acids is 1. The molecule has 1 N–H and O–H groups in total. The van der Waals surface area contributed by atoms with E-state index in [1.165, 1.54) is 4.57 Å². The smallest absolute Gasteiger partial charge is 0.318 e. The summed E-state index contributed by atoms with van der Waals surface area (Å²) >= 11 is 0. The van der Waals surface area contributed by atoms with Crippen LogP contribution >= 0.6 is 0 Å². The Balaban J connectivity index is 1.62. The van der Waals surface area contributed by atoms with Crippen molar-refractivity contribution < 1.29 is 9.53 Å². The maximum absolute atomic E-state index is 12.9. The Morgan fingerprint density at radius 2 is 1.75 bits per heavy atom. The van der Waals surface area contributed by atoms with Gasteiger partial charge in [0, 0.05) is 25.1 Å². The van der Waals surface area contributed by atoms with E-state index >= 15 is 0 Å². The van der Waals surface area contributed by atoms with Gasteiger partial charge < -0.3 is 10.1 Å². The van der Waals surface area contributed by atoms with Crippen molar-refractivity contribution in [2.24, 2.45) is 0 Å². The van der Waals surface area contributed by atoms with Crippen LogP contribution in [-0.4, -0.2) is 32.1 Å². The fourth-order valence-electron chi connectivity index (χ4n) is 3.40. The van der Waals surface area contributed by atoms with Gasteiger partial charge in [-0.3, -0.25) is 28.5 Å². The molecule has 0 spiro atoms. The van der Waals surface area contributed by atoms with Crippen LogP contribution in [0.25, 0.3) is 11.2 Å². The average molecular weight is 431 g/mol. The van der Waals surface area contributed by atoms with Crippen molar-refractivity contribution in [1.29, 1.82) is 0 Å². The highest BCUT2D eigenvalue weighted by Gasteiger charge is 2.16. The van der Waals surface area contributed by atoms with E-state index in [1.54, 1.807) is 50.0 Å². The van der Waals surface area contributed by atoms with E-state index < -0.39 is 17.0 Å². The maximum Gasteiger partial charge on any atom is 0.318 e. The summed E-state index contributed by atoms with van der Waals surface area (Å²) in [6.07, 6.45) is 4.77. The predicted molar refractivity (Wildman–Crippen MR) is 118 cm³/mol. The van der Waals surface area contributed by atoms with E-state index in [2.05, 4.69) is 15.3 Å². The highest BCUT2D eigenvalue weighted by atomic mass is 16.5. The molecule has 162 valence electrons. The number of pyridine rings is 2. The van der Waals surface area contributed by atoms with Gasteiger partial charge in [-0.2, -0.15) is 0 Å².